The standard InChI is InChI=1S/C24H23FN2O6S/c1-30-20-13-15(14-21(31-2)24(20)33-4)5-6-16-7-12-19(25)23(32-3)22(16)26-34-18-10-8-17(9-11-18)27(28)29/h5-14,26H,1-4H3/b6-5-. The highest BCUT2D eigenvalue weighted by molar-refractivity contribution is 8.00. The van der Waals surface area contributed by atoms with Gasteiger partial charge in [0.15, 0.2) is 23.1 Å². The van der Waals surface area contributed by atoms with Crippen LogP contribution >= 0.6 is 11.9 Å². The van der Waals surface area contributed by atoms with Gasteiger partial charge in [-0.1, -0.05) is 12.2 Å². The fourth-order valence-corrected chi connectivity index (χ4v) is 3.85. The second kappa shape index (κ2) is 11.3. The van der Waals surface area contributed by atoms with Gasteiger partial charge in [0.05, 0.1) is 39.0 Å². The number of hydrogen-bond donors (Lipinski definition) is 1. The largest absolute Gasteiger partial charge is 0.493 e. The van der Waals surface area contributed by atoms with E-state index in [1.807, 2.05) is 6.08 Å². The zero-order valence-corrected chi connectivity index (χ0v) is 19.8. The van der Waals surface area contributed by atoms with E-state index in [-0.39, 0.29) is 11.4 Å². The first-order chi connectivity index (χ1) is 16.4. The molecule has 0 aliphatic rings. The molecule has 0 spiro atoms. The lowest BCUT2D eigenvalue weighted by Crippen LogP contribution is -1.98. The van der Waals surface area contributed by atoms with Crippen molar-refractivity contribution in [3.8, 4) is 23.0 Å². The lowest BCUT2D eigenvalue weighted by atomic mass is 10.1. The van der Waals surface area contributed by atoms with Crippen LogP contribution in [0, 0.1) is 15.9 Å². The summed E-state index contributed by atoms with van der Waals surface area (Å²) >= 11 is 1.18. The van der Waals surface area contributed by atoms with E-state index in [2.05, 4.69) is 4.72 Å². The molecule has 3 aromatic rings. The fraction of sp³-hybridized carbons (Fsp3) is 0.167. The third-order valence-corrected chi connectivity index (χ3v) is 5.62. The van der Waals surface area contributed by atoms with E-state index in [4.69, 9.17) is 18.9 Å². The van der Waals surface area contributed by atoms with Crippen LogP contribution in [0.3, 0.4) is 0 Å². The molecule has 8 nitrogen and oxygen atoms in total. The normalized spacial score (nSPS) is 10.7. The second-order valence-corrected chi connectivity index (χ2v) is 7.67. The van der Waals surface area contributed by atoms with Crippen LogP contribution in [0.5, 0.6) is 23.0 Å². The number of hydrogen-bond acceptors (Lipinski definition) is 8. The number of nitro benzene ring substituents is 1. The molecule has 0 aromatic heterocycles. The molecule has 178 valence electrons. The minimum Gasteiger partial charge on any atom is -0.493 e. The van der Waals surface area contributed by atoms with E-state index in [9.17, 15) is 14.5 Å². The quantitative estimate of drug-likeness (QED) is 0.160. The topological polar surface area (TPSA) is 92.1 Å². The van der Waals surface area contributed by atoms with Gasteiger partial charge in [-0.05, 0) is 53.9 Å². The molecule has 0 saturated heterocycles. The summed E-state index contributed by atoms with van der Waals surface area (Å²) in [6.07, 6.45) is 3.61. The van der Waals surface area contributed by atoms with Crippen molar-refractivity contribution in [2.45, 2.75) is 4.90 Å². The Hall–Kier alpha value is -3.92. The van der Waals surface area contributed by atoms with Crippen molar-refractivity contribution in [2.24, 2.45) is 0 Å². The summed E-state index contributed by atoms with van der Waals surface area (Å²) in [5.41, 5.74) is 1.82. The molecule has 3 aromatic carbocycles. The zero-order valence-electron chi connectivity index (χ0n) is 19.0. The number of ether oxygens (including phenoxy) is 4. The van der Waals surface area contributed by atoms with E-state index in [0.29, 0.717) is 33.4 Å². The number of nitrogens with zero attached hydrogens (tertiary/aromatic N) is 1. The van der Waals surface area contributed by atoms with E-state index in [1.165, 1.54) is 58.6 Å². The number of nitro groups is 1. The van der Waals surface area contributed by atoms with Gasteiger partial charge in [-0.3, -0.25) is 10.1 Å². The van der Waals surface area contributed by atoms with E-state index in [0.717, 1.165) is 5.56 Å². The highest BCUT2D eigenvalue weighted by Crippen LogP contribution is 2.40. The zero-order chi connectivity index (χ0) is 24.7. The Bertz CT molecular complexity index is 1180. The summed E-state index contributed by atoms with van der Waals surface area (Å²) in [6, 6.07) is 12.5. The molecule has 0 unspecified atom stereocenters. The van der Waals surface area contributed by atoms with Crippen LogP contribution in [0.2, 0.25) is 0 Å². The molecule has 10 heteroatoms. The Morgan fingerprint density at radius 2 is 1.50 bits per heavy atom. The number of non-ortho nitro benzene ring substituents is 1. The van der Waals surface area contributed by atoms with Crippen molar-refractivity contribution in [2.75, 3.05) is 33.2 Å². The summed E-state index contributed by atoms with van der Waals surface area (Å²) < 4.78 is 38.9. The highest BCUT2D eigenvalue weighted by Gasteiger charge is 2.15. The van der Waals surface area contributed by atoms with Crippen LogP contribution in [0.4, 0.5) is 15.8 Å². The number of rotatable bonds is 10. The third-order valence-electron chi connectivity index (χ3n) is 4.81. The Kier molecular flexibility index (Phi) is 8.20. The molecule has 0 aliphatic carbocycles. The van der Waals surface area contributed by atoms with E-state index < -0.39 is 10.7 Å². The summed E-state index contributed by atoms with van der Waals surface area (Å²) in [4.78, 5) is 11.1. The maximum atomic E-state index is 14.4. The van der Waals surface area contributed by atoms with Gasteiger partial charge in [-0.15, -0.1) is 0 Å². The summed E-state index contributed by atoms with van der Waals surface area (Å²) in [6.45, 7) is 0. The first kappa shape index (κ1) is 24.7. The molecule has 0 fully saturated rings. The van der Waals surface area contributed by atoms with E-state index >= 15 is 0 Å². The average Bonchev–Trinajstić information content (AvgIpc) is 2.86. The van der Waals surface area contributed by atoms with Crippen molar-refractivity contribution in [1.82, 2.24) is 0 Å². The van der Waals surface area contributed by atoms with Gasteiger partial charge in [-0.25, -0.2) is 4.39 Å². The maximum absolute atomic E-state index is 14.4. The summed E-state index contributed by atoms with van der Waals surface area (Å²) in [5.74, 6) is 1.00. The number of anilines is 1. The molecule has 0 aliphatic heterocycles. The second-order valence-electron chi connectivity index (χ2n) is 6.79. The molecule has 0 bridgehead atoms. The Labute approximate surface area is 200 Å². The average molecular weight is 487 g/mol. The lowest BCUT2D eigenvalue weighted by Gasteiger charge is -2.15. The van der Waals surface area contributed by atoms with Gasteiger partial charge < -0.3 is 23.7 Å². The highest BCUT2D eigenvalue weighted by atomic mass is 32.2. The van der Waals surface area contributed by atoms with Crippen LogP contribution in [0.15, 0.2) is 53.4 Å². The van der Waals surface area contributed by atoms with Crippen LogP contribution in [0.1, 0.15) is 11.1 Å². The number of benzene rings is 3. The monoisotopic (exact) mass is 486 g/mol. The smallest absolute Gasteiger partial charge is 0.269 e. The summed E-state index contributed by atoms with van der Waals surface area (Å²) in [7, 11) is 5.98. The van der Waals surface area contributed by atoms with Crippen molar-refractivity contribution >= 4 is 35.5 Å². The van der Waals surface area contributed by atoms with Crippen molar-refractivity contribution in [3.05, 3.63) is 75.6 Å². The van der Waals surface area contributed by atoms with Crippen LogP contribution in [-0.4, -0.2) is 33.4 Å². The Morgan fingerprint density at radius 3 is 2.03 bits per heavy atom. The molecule has 3 rings (SSSR count). The van der Waals surface area contributed by atoms with Crippen LogP contribution in [-0.2, 0) is 0 Å². The summed E-state index contributed by atoms with van der Waals surface area (Å²) in [5, 5.41) is 10.9. The maximum Gasteiger partial charge on any atom is 0.269 e. The molecule has 0 amide bonds. The molecule has 0 saturated carbocycles. The van der Waals surface area contributed by atoms with Crippen LogP contribution < -0.4 is 23.7 Å². The predicted octanol–water partition coefficient (Wildman–Crippen LogP) is 6.06. The van der Waals surface area contributed by atoms with Crippen molar-refractivity contribution in [3.63, 3.8) is 0 Å². The van der Waals surface area contributed by atoms with Gasteiger partial charge in [-0.2, -0.15) is 0 Å². The Morgan fingerprint density at radius 1 is 0.882 bits per heavy atom. The molecule has 1 N–H and O–H groups in total. The molecule has 34 heavy (non-hydrogen) atoms. The molecular formula is C24H23FN2O6S. The van der Waals surface area contributed by atoms with E-state index in [1.54, 1.807) is 36.4 Å². The predicted molar refractivity (Wildman–Crippen MR) is 131 cm³/mol. The lowest BCUT2D eigenvalue weighted by molar-refractivity contribution is -0.384. The first-order valence-electron chi connectivity index (χ1n) is 9.93. The molecule has 0 radical (unpaired) electrons. The number of halogens is 1. The molecule has 0 heterocycles. The SMILES string of the molecule is COc1cc(/C=C\c2ccc(F)c(OC)c2NSc2ccc([N+](=O)[O-])cc2)cc(OC)c1OC. The van der Waals surface area contributed by atoms with Gasteiger partial charge in [0.2, 0.25) is 5.75 Å². The first-order valence-corrected chi connectivity index (χ1v) is 10.7. The number of methoxy groups -OCH3 is 4. The minimum absolute atomic E-state index is 0.0124. The van der Waals surface area contributed by atoms with Gasteiger partial charge in [0.1, 0.15) is 0 Å². The van der Waals surface area contributed by atoms with Crippen LogP contribution in [0.25, 0.3) is 12.2 Å². The van der Waals surface area contributed by atoms with Crippen molar-refractivity contribution in [1.29, 1.82) is 0 Å². The van der Waals surface area contributed by atoms with Gasteiger partial charge in [0.25, 0.3) is 5.69 Å². The van der Waals surface area contributed by atoms with Gasteiger partial charge >= 0.3 is 0 Å². The minimum atomic E-state index is -0.528. The van der Waals surface area contributed by atoms with Crippen molar-refractivity contribution < 1.29 is 28.3 Å². The molecule has 0 atom stereocenters. The Balaban J connectivity index is 1.93. The number of nitrogens with one attached hydrogen (secondary N) is 1. The fourth-order valence-electron chi connectivity index (χ4n) is 3.15. The third kappa shape index (κ3) is 5.52. The molecular weight excluding hydrogens is 463 g/mol. The van der Waals surface area contributed by atoms with Gasteiger partial charge in [0, 0.05) is 22.6 Å².